The number of nitro groups is 1. The quantitative estimate of drug-likeness (QED) is 0.278. The topological polar surface area (TPSA) is 99.0 Å². The van der Waals surface area contributed by atoms with Crippen molar-refractivity contribution in [3.63, 3.8) is 0 Å². The molecule has 152 valence electrons. The van der Waals surface area contributed by atoms with Gasteiger partial charge in [0, 0.05) is 25.7 Å². The summed E-state index contributed by atoms with van der Waals surface area (Å²) in [6.07, 6.45) is 2.34. The highest BCUT2D eigenvalue weighted by atomic mass is 16.6. The molecule has 0 radical (unpaired) electrons. The largest absolute Gasteiger partial charge is 0.494 e. The molecule has 2 aromatic carbocycles. The van der Waals surface area contributed by atoms with Gasteiger partial charge in [0.25, 0.3) is 11.6 Å². The average molecular weight is 398 g/mol. The highest BCUT2D eigenvalue weighted by Gasteiger charge is 2.13. The van der Waals surface area contributed by atoms with Crippen LogP contribution in [-0.4, -0.2) is 42.0 Å². The van der Waals surface area contributed by atoms with Crippen LogP contribution in [0.3, 0.4) is 0 Å². The van der Waals surface area contributed by atoms with Crippen molar-refractivity contribution in [1.82, 2.24) is 4.90 Å². The molecule has 0 heterocycles. The molecule has 0 bridgehead atoms. The van der Waals surface area contributed by atoms with E-state index >= 15 is 0 Å². The van der Waals surface area contributed by atoms with E-state index in [2.05, 4.69) is 0 Å². The van der Waals surface area contributed by atoms with Gasteiger partial charge in [0.05, 0.1) is 17.1 Å². The van der Waals surface area contributed by atoms with Crippen LogP contribution in [0.4, 0.5) is 5.69 Å². The van der Waals surface area contributed by atoms with E-state index in [9.17, 15) is 19.7 Å². The molecule has 2 rings (SSSR count). The molecule has 8 nitrogen and oxygen atoms in total. The van der Waals surface area contributed by atoms with Gasteiger partial charge in [0.2, 0.25) is 0 Å². The van der Waals surface area contributed by atoms with E-state index in [1.54, 1.807) is 13.1 Å². The summed E-state index contributed by atoms with van der Waals surface area (Å²) in [5.74, 6) is -0.373. The Morgan fingerprint density at radius 1 is 1.14 bits per heavy atom. The summed E-state index contributed by atoms with van der Waals surface area (Å²) < 4.78 is 10.3. The molecule has 0 aliphatic heterocycles. The number of hydrogen-bond donors (Lipinski definition) is 0. The number of carbonyl (C=O) groups excluding carboxylic acids is 2. The molecule has 2 aromatic rings. The van der Waals surface area contributed by atoms with Gasteiger partial charge in [-0.1, -0.05) is 24.3 Å². The van der Waals surface area contributed by atoms with Crippen LogP contribution < -0.4 is 4.74 Å². The van der Waals surface area contributed by atoms with Gasteiger partial charge >= 0.3 is 5.97 Å². The second kappa shape index (κ2) is 10.6. The number of rotatable bonds is 9. The van der Waals surface area contributed by atoms with Gasteiger partial charge in [0.15, 0.2) is 6.61 Å². The summed E-state index contributed by atoms with van der Waals surface area (Å²) in [6.45, 7) is 2.41. The van der Waals surface area contributed by atoms with Crippen molar-refractivity contribution >= 4 is 23.6 Å². The summed E-state index contributed by atoms with van der Waals surface area (Å²) in [4.78, 5) is 35.8. The molecule has 0 N–H and O–H groups in total. The molecule has 8 heteroatoms. The molecule has 0 saturated heterocycles. The second-order valence-corrected chi connectivity index (χ2v) is 6.08. The first-order chi connectivity index (χ1) is 13.9. The molecule has 1 amide bonds. The maximum atomic E-state index is 12.1. The van der Waals surface area contributed by atoms with Crippen LogP contribution >= 0.6 is 0 Å². The van der Waals surface area contributed by atoms with Crippen LogP contribution in [-0.2, 0) is 20.9 Å². The van der Waals surface area contributed by atoms with Gasteiger partial charge in [-0.3, -0.25) is 14.9 Å². The Balaban J connectivity index is 1.84. The number of likely N-dealkylation sites (N-methyl/N-ethyl adjacent to an activating group) is 1. The molecular weight excluding hydrogens is 376 g/mol. The van der Waals surface area contributed by atoms with Crippen LogP contribution in [0.5, 0.6) is 5.75 Å². The maximum absolute atomic E-state index is 12.1. The minimum Gasteiger partial charge on any atom is -0.494 e. The first-order valence-electron chi connectivity index (χ1n) is 8.94. The lowest BCUT2D eigenvalue weighted by atomic mass is 10.1. The van der Waals surface area contributed by atoms with E-state index in [4.69, 9.17) is 9.47 Å². The summed E-state index contributed by atoms with van der Waals surface area (Å²) >= 11 is 0. The van der Waals surface area contributed by atoms with E-state index < -0.39 is 17.5 Å². The lowest BCUT2D eigenvalue weighted by molar-refractivity contribution is -0.385. The summed E-state index contributed by atoms with van der Waals surface area (Å²) in [5.41, 5.74) is 1.06. The van der Waals surface area contributed by atoms with Crippen LogP contribution in [0.25, 0.3) is 6.08 Å². The number of benzene rings is 2. The molecule has 0 unspecified atom stereocenters. The predicted molar refractivity (Wildman–Crippen MR) is 107 cm³/mol. The Bertz CT molecular complexity index is 892. The molecular formula is C21H22N2O6. The third kappa shape index (κ3) is 6.76. The minimum atomic E-state index is -0.758. The standard InChI is InChI=1S/C21H22N2O6/c1-3-28-18-11-8-16(9-12-18)14-22(2)20(24)15-29-21(25)13-10-17-6-4-5-7-19(17)23(26)27/h4-13H,3,14-15H2,1-2H3/b13-10+. The molecule has 29 heavy (non-hydrogen) atoms. The molecule has 0 atom stereocenters. The van der Waals surface area contributed by atoms with Crippen molar-refractivity contribution in [2.75, 3.05) is 20.3 Å². The Morgan fingerprint density at radius 2 is 1.83 bits per heavy atom. The van der Waals surface area contributed by atoms with Crippen molar-refractivity contribution in [2.24, 2.45) is 0 Å². The summed E-state index contributed by atoms with van der Waals surface area (Å²) in [5, 5.41) is 11.0. The van der Waals surface area contributed by atoms with E-state index in [0.29, 0.717) is 13.2 Å². The van der Waals surface area contributed by atoms with Gasteiger partial charge in [-0.05, 0) is 36.8 Å². The van der Waals surface area contributed by atoms with E-state index in [1.807, 2.05) is 31.2 Å². The Hall–Kier alpha value is -3.68. The van der Waals surface area contributed by atoms with Gasteiger partial charge in [-0.25, -0.2) is 4.79 Å². The lowest BCUT2D eigenvalue weighted by Gasteiger charge is -2.17. The van der Waals surface area contributed by atoms with Crippen LogP contribution in [0.2, 0.25) is 0 Å². The predicted octanol–water partition coefficient (Wildman–Crippen LogP) is 3.21. The van der Waals surface area contributed by atoms with Crippen molar-refractivity contribution in [3.05, 3.63) is 75.8 Å². The van der Waals surface area contributed by atoms with Crippen LogP contribution in [0.15, 0.2) is 54.6 Å². The maximum Gasteiger partial charge on any atom is 0.331 e. The normalized spacial score (nSPS) is 10.6. The molecule has 0 saturated carbocycles. The van der Waals surface area contributed by atoms with Crippen LogP contribution in [0.1, 0.15) is 18.1 Å². The number of amides is 1. The molecule has 0 aliphatic carbocycles. The third-order valence-corrected chi connectivity index (χ3v) is 3.95. The van der Waals surface area contributed by atoms with Gasteiger partial charge < -0.3 is 14.4 Å². The SMILES string of the molecule is CCOc1ccc(CN(C)C(=O)COC(=O)/C=C/c2ccccc2[N+](=O)[O-])cc1. The fraction of sp³-hybridized carbons (Fsp3) is 0.238. The third-order valence-electron chi connectivity index (χ3n) is 3.95. The van der Waals surface area contributed by atoms with E-state index in [-0.39, 0.29) is 17.2 Å². The summed E-state index contributed by atoms with van der Waals surface area (Å²) in [7, 11) is 1.61. The van der Waals surface area contributed by atoms with E-state index in [1.165, 1.54) is 29.2 Å². The van der Waals surface area contributed by atoms with Crippen LogP contribution in [0, 0.1) is 10.1 Å². The number of nitrogens with zero attached hydrogens (tertiary/aromatic N) is 2. The molecule has 0 aliphatic rings. The lowest BCUT2D eigenvalue weighted by Crippen LogP contribution is -2.30. The highest BCUT2D eigenvalue weighted by molar-refractivity contribution is 5.89. The monoisotopic (exact) mass is 398 g/mol. The number of nitro benzene ring substituents is 1. The molecule has 0 fully saturated rings. The van der Waals surface area contributed by atoms with Crippen molar-refractivity contribution in [3.8, 4) is 5.75 Å². The van der Waals surface area contributed by atoms with Crippen molar-refractivity contribution < 1.29 is 24.0 Å². The summed E-state index contributed by atoms with van der Waals surface area (Å²) in [6, 6.07) is 13.4. The number of carbonyl (C=O) groups is 2. The molecule has 0 aromatic heterocycles. The molecule has 0 spiro atoms. The fourth-order valence-corrected chi connectivity index (χ4v) is 2.46. The van der Waals surface area contributed by atoms with Gasteiger partial charge in [-0.2, -0.15) is 0 Å². The zero-order chi connectivity index (χ0) is 21.2. The smallest absolute Gasteiger partial charge is 0.331 e. The second-order valence-electron chi connectivity index (χ2n) is 6.08. The Kier molecular flexibility index (Phi) is 7.90. The Morgan fingerprint density at radius 3 is 2.48 bits per heavy atom. The van der Waals surface area contributed by atoms with Crippen molar-refractivity contribution in [2.45, 2.75) is 13.5 Å². The highest BCUT2D eigenvalue weighted by Crippen LogP contribution is 2.19. The first kappa shape index (κ1) is 21.6. The number of hydrogen-bond acceptors (Lipinski definition) is 6. The fourth-order valence-electron chi connectivity index (χ4n) is 2.46. The first-order valence-corrected chi connectivity index (χ1v) is 8.94. The van der Waals surface area contributed by atoms with Gasteiger partial charge in [-0.15, -0.1) is 0 Å². The zero-order valence-corrected chi connectivity index (χ0v) is 16.2. The zero-order valence-electron chi connectivity index (χ0n) is 16.2. The number of ether oxygens (including phenoxy) is 2. The van der Waals surface area contributed by atoms with Crippen molar-refractivity contribution in [1.29, 1.82) is 0 Å². The minimum absolute atomic E-state index is 0.122. The number of para-hydroxylation sites is 1. The number of esters is 1. The van der Waals surface area contributed by atoms with E-state index in [0.717, 1.165) is 17.4 Å². The average Bonchev–Trinajstić information content (AvgIpc) is 2.72. The van der Waals surface area contributed by atoms with Gasteiger partial charge in [0.1, 0.15) is 5.75 Å². The Labute approximate surface area is 168 Å².